The van der Waals surface area contributed by atoms with Gasteiger partial charge in [-0.25, -0.2) is 4.18 Å². The summed E-state index contributed by atoms with van der Waals surface area (Å²) >= 11 is 0. The Labute approximate surface area is 227 Å². The van der Waals surface area contributed by atoms with Crippen LogP contribution in [0.5, 0.6) is 0 Å². The zero-order valence-corrected chi connectivity index (χ0v) is 22.0. The first-order valence-electron chi connectivity index (χ1n) is 12.1. The Kier molecular flexibility index (Phi) is 11.2. The summed E-state index contributed by atoms with van der Waals surface area (Å²) in [4.78, 5) is 11.9. The molecule has 0 unspecified atom stereocenters. The predicted octanol–water partition coefficient (Wildman–Crippen LogP) is -6.57. The number of aliphatic hydroxyl groups is 8. The molecular weight excluding hydrogens is 574 g/mol. The minimum absolute atomic E-state index is 0.696. The second kappa shape index (κ2) is 13.4. The van der Waals surface area contributed by atoms with E-state index in [1.165, 1.54) is 6.92 Å². The third-order valence-corrected chi connectivity index (χ3v) is 7.10. The van der Waals surface area contributed by atoms with Crippen LogP contribution < -0.4 is 5.32 Å². The van der Waals surface area contributed by atoms with Gasteiger partial charge in [0.1, 0.15) is 67.1 Å². The highest BCUT2D eigenvalue weighted by atomic mass is 32.3. The molecule has 20 heteroatoms. The molecule has 1 amide bonds. The summed E-state index contributed by atoms with van der Waals surface area (Å²) in [5.41, 5.74) is 0. The van der Waals surface area contributed by atoms with E-state index in [2.05, 4.69) is 9.50 Å². The highest BCUT2D eigenvalue weighted by Gasteiger charge is 2.54. The van der Waals surface area contributed by atoms with Crippen molar-refractivity contribution in [3.05, 3.63) is 0 Å². The van der Waals surface area contributed by atoms with Gasteiger partial charge < -0.3 is 69.9 Å². The lowest BCUT2D eigenvalue weighted by atomic mass is 9.95. The van der Waals surface area contributed by atoms with Crippen molar-refractivity contribution in [3.8, 4) is 0 Å². The summed E-state index contributed by atoms with van der Waals surface area (Å²) in [5.74, 6) is -0.696. The molecule has 234 valence electrons. The van der Waals surface area contributed by atoms with Gasteiger partial charge in [0.25, 0.3) is 0 Å². The van der Waals surface area contributed by atoms with E-state index in [-0.39, 0.29) is 0 Å². The molecule has 0 aromatic heterocycles. The van der Waals surface area contributed by atoms with Crippen molar-refractivity contribution in [2.45, 2.75) is 106 Å². The van der Waals surface area contributed by atoms with Gasteiger partial charge in [-0.3, -0.25) is 9.35 Å². The fourth-order valence-electron chi connectivity index (χ4n) is 4.55. The van der Waals surface area contributed by atoms with Gasteiger partial charge in [0.2, 0.25) is 5.91 Å². The molecule has 3 rings (SSSR count). The summed E-state index contributed by atoms with van der Waals surface area (Å²) in [6, 6.07) is 0. The second-order valence-corrected chi connectivity index (χ2v) is 10.6. The third kappa shape index (κ3) is 7.42. The quantitative estimate of drug-likeness (QED) is 0.109. The van der Waals surface area contributed by atoms with E-state index in [9.17, 15) is 54.1 Å². The number of hydrogen-bond acceptors (Lipinski definition) is 17. The van der Waals surface area contributed by atoms with Crippen molar-refractivity contribution < 1.29 is 86.5 Å². The molecule has 0 aromatic rings. The largest absolute Gasteiger partial charge is 0.397 e. The highest BCUT2D eigenvalue weighted by Crippen LogP contribution is 2.33. The minimum Gasteiger partial charge on any atom is -0.394 e. The molecule has 19 nitrogen and oxygen atoms in total. The standard InChI is InChI=1S/C20H35NO18S/c1-5-9(25)12(28)13(29)19(34-5)38-17-16(11(27)7(3-22)35-18(17)21-6(2)24)37-20-14(30)15(39-40(31,32)33)10(26)8(4-23)36-20/h5,7-20,22-23,25-30H,3-4H2,1-2H3,(H,21,24)(H,31,32,33)/t5-,7+,8+,9+,10-,11-,12+,13-,14-,15-,16+,17-,18-,19-,20-/m0/s1. The summed E-state index contributed by atoms with van der Waals surface area (Å²) in [6.45, 7) is 0.644. The number of aliphatic hydroxyl groups excluding tert-OH is 8. The number of hydrogen-bond donors (Lipinski definition) is 10. The van der Waals surface area contributed by atoms with Crippen LogP contribution >= 0.6 is 0 Å². The SMILES string of the molecule is CC(=O)N[C@H]1O[C@H](CO)[C@H](O)[C@@H](O[C@@H]2O[C@H](CO)[C@H](O)[C@H](OS(=O)(=O)O)[C@@H]2O)[C@@H]1O[C@@H]1O[C@@H](C)[C@@H](O)[C@@H](O)[C@@H]1O. The molecule has 3 fully saturated rings. The Morgan fingerprint density at radius 3 is 1.82 bits per heavy atom. The maximum Gasteiger partial charge on any atom is 0.397 e. The van der Waals surface area contributed by atoms with E-state index in [1.807, 2.05) is 0 Å². The van der Waals surface area contributed by atoms with Crippen LogP contribution in [0.2, 0.25) is 0 Å². The first-order valence-corrected chi connectivity index (χ1v) is 13.5. The van der Waals surface area contributed by atoms with Crippen molar-refractivity contribution in [3.63, 3.8) is 0 Å². The van der Waals surface area contributed by atoms with Gasteiger partial charge in [-0.1, -0.05) is 0 Å². The molecule has 10 N–H and O–H groups in total. The molecule has 3 aliphatic rings. The number of amides is 1. The van der Waals surface area contributed by atoms with Crippen molar-refractivity contribution in [2.24, 2.45) is 0 Å². The molecule has 3 saturated heterocycles. The van der Waals surface area contributed by atoms with Gasteiger partial charge in [0, 0.05) is 6.92 Å². The number of nitrogens with one attached hydrogen (secondary N) is 1. The third-order valence-electron chi connectivity index (χ3n) is 6.63. The summed E-state index contributed by atoms with van der Waals surface area (Å²) < 4.78 is 63.6. The van der Waals surface area contributed by atoms with Crippen molar-refractivity contribution in [2.75, 3.05) is 13.2 Å². The van der Waals surface area contributed by atoms with Gasteiger partial charge in [0.05, 0.1) is 19.3 Å². The highest BCUT2D eigenvalue weighted by molar-refractivity contribution is 7.80. The first kappa shape index (κ1) is 33.3. The van der Waals surface area contributed by atoms with E-state index < -0.39 is 122 Å². The van der Waals surface area contributed by atoms with Crippen LogP contribution in [0.4, 0.5) is 0 Å². The molecule has 40 heavy (non-hydrogen) atoms. The molecule has 0 bridgehead atoms. The Balaban J connectivity index is 1.96. The summed E-state index contributed by atoms with van der Waals surface area (Å²) in [5, 5.41) is 84.1. The molecule has 15 atom stereocenters. The number of carbonyl (C=O) groups is 1. The second-order valence-electron chi connectivity index (χ2n) is 9.55. The lowest BCUT2D eigenvalue weighted by Crippen LogP contribution is -2.69. The lowest BCUT2D eigenvalue weighted by Gasteiger charge is -2.49. The molecule has 0 radical (unpaired) electrons. The van der Waals surface area contributed by atoms with Crippen LogP contribution in [0.1, 0.15) is 13.8 Å². The van der Waals surface area contributed by atoms with E-state index in [0.29, 0.717) is 0 Å². The van der Waals surface area contributed by atoms with Gasteiger partial charge in [-0.15, -0.1) is 0 Å². The topological polar surface area (TPSA) is 301 Å². The smallest absolute Gasteiger partial charge is 0.394 e. The molecule has 3 aliphatic heterocycles. The molecule has 0 spiro atoms. The molecule has 0 aliphatic carbocycles. The number of carbonyl (C=O) groups excluding carboxylic acids is 1. The van der Waals surface area contributed by atoms with Crippen molar-refractivity contribution >= 4 is 16.3 Å². The van der Waals surface area contributed by atoms with E-state index in [4.69, 9.17) is 28.2 Å². The fraction of sp³-hybridized carbons (Fsp3) is 0.950. The van der Waals surface area contributed by atoms with Crippen LogP contribution in [0.3, 0.4) is 0 Å². The number of ether oxygens (including phenoxy) is 5. The predicted molar refractivity (Wildman–Crippen MR) is 122 cm³/mol. The normalized spacial score (nSPS) is 46.6. The lowest BCUT2D eigenvalue weighted by molar-refractivity contribution is -0.369. The van der Waals surface area contributed by atoms with E-state index in [0.717, 1.165) is 6.92 Å². The van der Waals surface area contributed by atoms with Gasteiger partial charge in [0.15, 0.2) is 18.8 Å². The Morgan fingerprint density at radius 2 is 1.27 bits per heavy atom. The minimum atomic E-state index is -5.25. The van der Waals surface area contributed by atoms with E-state index >= 15 is 0 Å². The molecule has 0 saturated carbocycles. The Morgan fingerprint density at radius 1 is 0.750 bits per heavy atom. The van der Waals surface area contributed by atoms with Crippen LogP contribution in [0.15, 0.2) is 0 Å². The van der Waals surface area contributed by atoms with Crippen LogP contribution in [-0.2, 0) is 43.1 Å². The average molecular weight is 610 g/mol. The van der Waals surface area contributed by atoms with Crippen LogP contribution in [0, 0.1) is 0 Å². The van der Waals surface area contributed by atoms with Crippen molar-refractivity contribution in [1.29, 1.82) is 0 Å². The van der Waals surface area contributed by atoms with Crippen LogP contribution in [0.25, 0.3) is 0 Å². The Bertz CT molecular complexity index is 956. The summed E-state index contributed by atoms with van der Waals surface area (Å²) in [7, 11) is -5.25. The van der Waals surface area contributed by atoms with Crippen LogP contribution in [-0.4, -0.2) is 165 Å². The van der Waals surface area contributed by atoms with Crippen molar-refractivity contribution in [1.82, 2.24) is 5.32 Å². The molecule has 3 heterocycles. The average Bonchev–Trinajstić information content (AvgIpc) is 2.87. The molecular formula is C20H35NO18S. The maximum absolute atomic E-state index is 11.9. The van der Waals surface area contributed by atoms with Gasteiger partial charge in [-0.2, -0.15) is 8.42 Å². The fourth-order valence-corrected chi connectivity index (χ4v) is 5.06. The van der Waals surface area contributed by atoms with E-state index in [1.54, 1.807) is 0 Å². The zero-order valence-electron chi connectivity index (χ0n) is 21.2. The first-order chi connectivity index (χ1) is 18.6. The maximum atomic E-state index is 11.9. The summed E-state index contributed by atoms with van der Waals surface area (Å²) in [6.07, 6.45) is -26.2. The number of rotatable bonds is 9. The monoisotopic (exact) mass is 609 g/mol. The Hall–Kier alpha value is -1.18. The zero-order chi connectivity index (χ0) is 30.1. The van der Waals surface area contributed by atoms with Gasteiger partial charge in [-0.05, 0) is 6.92 Å². The molecule has 0 aromatic carbocycles. The van der Waals surface area contributed by atoms with Gasteiger partial charge >= 0.3 is 10.4 Å².